The molecule has 0 radical (unpaired) electrons. The number of ether oxygens (including phenoxy) is 2. The fourth-order valence-corrected chi connectivity index (χ4v) is 3.80. The zero-order chi connectivity index (χ0) is 20.2. The van der Waals surface area contributed by atoms with Crippen LogP contribution in [0, 0.1) is 6.92 Å². The Bertz CT molecular complexity index is 988. The Labute approximate surface area is 170 Å². The summed E-state index contributed by atoms with van der Waals surface area (Å²) in [5, 5.41) is 10.1. The molecule has 6 heteroatoms. The highest BCUT2D eigenvalue weighted by molar-refractivity contribution is 6.04. The first-order chi connectivity index (χ1) is 14.1. The summed E-state index contributed by atoms with van der Waals surface area (Å²) in [5.41, 5.74) is 4.29. The number of morpholine rings is 1. The standard InChI is InChI=1S/C23H26N2O4/c1-16-13-22-20(21(15-24-22)23(26)27)14-19(16)17-3-5-18(6-4-17)29-10-2-7-25-8-11-28-12-9-25/h3-6,13-15,24H,2,7-12H2,1H3,(H,26,27). The molecule has 2 heterocycles. The van der Waals surface area contributed by atoms with Gasteiger partial charge in [-0.15, -0.1) is 0 Å². The molecule has 0 unspecified atom stereocenters. The zero-order valence-electron chi connectivity index (χ0n) is 16.6. The molecular formula is C23H26N2O4. The van der Waals surface area contributed by atoms with Gasteiger partial charge in [0.05, 0.1) is 25.4 Å². The van der Waals surface area contributed by atoms with Crippen molar-refractivity contribution in [3.05, 3.63) is 53.7 Å². The third-order valence-corrected chi connectivity index (χ3v) is 5.41. The quantitative estimate of drug-likeness (QED) is 0.594. The summed E-state index contributed by atoms with van der Waals surface area (Å²) >= 11 is 0. The Kier molecular flexibility index (Phi) is 5.83. The van der Waals surface area contributed by atoms with Crippen LogP contribution in [0.25, 0.3) is 22.0 Å². The molecule has 152 valence electrons. The van der Waals surface area contributed by atoms with Crippen molar-refractivity contribution in [2.24, 2.45) is 0 Å². The highest BCUT2D eigenvalue weighted by Gasteiger charge is 2.13. The fourth-order valence-electron chi connectivity index (χ4n) is 3.80. The molecule has 29 heavy (non-hydrogen) atoms. The number of aryl methyl sites for hydroxylation is 1. The first kappa shape index (κ1) is 19.5. The minimum Gasteiger partial charge on any atom is -0.494 e. The predicted molar refractivity (Wildman–Crippen MR) is 113 cm³/mol. The van der Waals surface area contributed by atoms with Crippen molar-refractivity contribution in [3.8, 4) is 16.9 Å². The van der Waals surface area contributed by atoms with Crippen LogP contribution in [0.15, 0.2) is 42.6 Å². The SMILES string of the molecule is Cc1cc2[nH]cc(C(=O)O)c2cc1-c1ccc(OCCCN2CCOCC2)cc1. The lowest BCUT2D eigenvalue weighted by Gasteiger charge is -2.26. The van der Waals surface area contributed by atoms with Gasteiger partial charge in [0.2, 0.25) is 0 Å². The maximum Gasteiger partial charge on any atom is 0.337 e. The molecule has 6 nitrogen and oxygen atoms in total. The summed E-state index contributed by atoms with van der Waals surface area (Å²) in [7, 11) is 0. The van der Waals surface area contributed by atoms with E-state index in [0.717, 1.165) is 72.6 Å². The molecule has 0 amide bonds. The molecule has 0 aliphatic carbocycles. The molecular weight excluding hydrogens is 368 g/mol. The number of benzene rings is 2. The number of carbonyl (C=O) groups is 1. The zero-order valence-corrected chi connectivity index (χ0v) is 16.6. The van der Waals surface area contributed by atoms with Crippen LogP contribution < -0.4 is 4.74 Å². The molecule has 1 aliphatic heterocycles. The minimum absolute atomic E-state index is 0.293. The Hall–Kier alpha value is -2.83. The summed E-state index contributed by atoms with van der Waals surface area (Å²) in [6.45, 7) is 7.41. The third-order valence-electron chi connectivity index (χ3n) is 5.41. The second-order valence-corrected chi connectivity index (χ2v) is 7.40. The van der Waals surface area contributed by atoms with Gasteiger partial charge in [-0.05, 0) is 54.3 Å². The van der Waals surface area contributed by atoms with E-state index in [4.69, 9.17) is 9.47 Å². The van der Waals surface area contributed by atoms with Gasteiger partial charge in [-0.1, -0.05) is 12.1 Å². The van der Waals surface area contributed by atoms with Crippen molar-refractivity contribution in [1.29, 1.82) is 0 Å². The van der Waals surface area contributed by atoms with Crippen molar-refractivity contribution in [3.63, 3.8) is 0 Å². The van der Waals surface area contributed by atoms with Gasteiger partial charge in [-0.3, -0.25) is 4.90 Å². The smallest absolute Gasteiger partial charge is 0.337 e. The van der Waals surface area contributed by atoms with E-state index < -0.39 is 5.97 Å². The van der Waals surface area contributed by atoms with Crippen LogP contribution in [0.3, 0.4) is 0 Å². The summed E-state index contributed by atoms with van der Waals surface area (Å²) < 4.78 is 11.3. The molecule has 0 spiro atoms. The van der Waals surface area contributed by atoms with Crippen LogP contribution in [0.5, 0.6) is 5.75 Å². The minimum atomic E-state index is -0.924. The molecule has 3 aromatic rings. The number of aromatic nitrogens is 1. The van der Waals surface area contributed by atoms with Gasteiger partial charge in [-0.2, -0.15) is 0 Å². The maximum atomic E-state index is 11.4. The second-order valence-electron chi connectivity index (χ2n) is 7.40. The lowest BCUT2D eigenvalue weighted by atomic mass is 9.97. The third kappa shape index (κ3) is 4.44. The van der Waals surface area contributed by atoms with E-state index in [-0.39, 0.29) is 0 Å². The summed E-state index contributed by atoms with van der Waals surface area (Å²) in [6, 6.07) is 11.9. The van der Waals surface area contributed by atoms with E-state index in [1.807, 2.05) is 43.3 Å². The molecule has 1 fully saturated rings. The van der Waals surface area contributed by atoms with Gasteiger partial charge >= 0.3 is 5.97 Å². The van der Waals surface area contributed by atoms with Crippen LogP contribution in [0.1, 0.15) is 22.3 Å². The average molecular weight is 394 g/mol. The monoisotopic (exact) mass is 394 g/mol. The lowest BCUT2D eigenvalue weighted by molar-refractivity contribution is 0.0358. The van der Waals surface area contributed by atoms with Crippen molar-refractivity contribution in [1.82, 2.24) is 9.88 Å². The number of fused-ring (bicyclic) bond motifs is 1. The van der Waals surface area contributed by atoms with Crippen LogP contribution >= 0.6 is 0 Å². The Morgan fingerprint density at radius 1 is 1.21 bits per heavy atom. The van der Waals surface area contributed by atoms with E-state index >= 15 is 0 Å². The molecule has 1 aromatic heterocycles. The molecule has 4 rings (SSSR count). The number of carboxylic acids is 1. The summed E-state index contributed by atoms with van der Waals surface area (Å²) in [4.78, 5) is 16.9. The molecule has 2 N–H and O–H groups in total. The van der Waals surface area contributed by atoms with E-state index in [1.165, 1.54) is 0 Å². The Morgan fingerprint density at radius 3 is 2.69 bits per heavy atom. The molecule has 1 aliphatic rings. The topological polar surface area (TPSA) is 74.8 Å². The van der Waals surface area contributed by atoms with E-state index in [9.17, 15) is 9.90 Å². The number of H-pyrrole nitrogens is 1. The Morgan fingerprint density at radius 2 is 1.97 bits per heavy atom. The van der Waals surface area contributed by atoms with Gasteiger partial charge in [0, 0.05) is 36.7 Å². The van der Waals surface area contributed by atoms with Gasteiger partial charge in [0.1, 0.15) is 5.75 Å². The van der Waals surface area contributed by atoms with E-state index in [2.05, 4.69) is 9.88 Å². The van der Waals surface area contributed by atoms with Gasteiger partial charge in [0.15, 0.2) is 0 Å². The largest absolute Gasteiger partial charge is 0.494 e. The maximum absolute atomic E-state index is 11.4. The molecule has 0 bridgehead atoms. The molecule has 2 aromatic carbocycles. The normalized spacial score (nSPS) is 14.9. The number of hydrogen-bond acceptors (Lipinski definition) is 4. The van der Waals surface area contributed by atoms with Gasteiger partial charge in [-0.25, -0.2) is 4.79 Å². The first-order valence-electron chi connectivity index (χ1n) is 10.00. The number of carboxylic acid groups (broad SMARTS) is 1. The van der Waals surface area contributed by atoms with Crippen LogP contribution in [0.2, 0.25) is 0 Å². The number of hydrogen-bond donors (Lipinski definition) is 2. The van der Waals surface area contributed by atoms with Crippen molar-refractivity contribution < 1.29 is 19.4 Å². The van der Waals surface area contributed by atoms with Crippen LogP contribution in [-0.4, -0.2) is 60.4 Å². The summed E-state index contributed by atoms with van der Waals surface area (Å²) in [6.07, 6.45) is 2.53. The summed E-state index contributed by atoms with van der Waals surface area (Å²) in [5.74, 6) is -0.0748. The van der Waals surface area contributed by atoms with Gasteiger partial charge < -0.3 is 19.6 Å². The Balaban J connectivity index is 1.41. The first-order valence-corrected chi connectivity index (χ1v) is 10.00. The molecule has 0 saturated carbocycles. The van der Waals surface area contributed by atoms with Crippen molar-refractivity contribution >= 4 is 16.9 Å². The van der Waals surface area contributed by atoms with Crippen molar-refractivity contribution in [2.75, 3.05) is 39.5 Å². The number of aromatic amines is 1. The molecule has 0 atom stereocenters. The highest BCUT2D eigenvalue weighted by Crippen LogP contribution is 2.31. The second kappa shape index (κ2) is 8.68. The van der Waals surface area contributed by atoms with Crippen LogP contribution in [0.4, 0.5) is 0 Å². The fraction of sp³-hybridized carbons (Fsp3) is 0.348. The number of nitrogens with zero attached hydrogens (tertiary/aromatic N) is 1. The average Bonchev–Trinajstić information content (AvgIpc) is 3.15. The van der Waals surface area contributed by atoms with Crippen molar-refractivity contribution in [2.45, 2.75) is 13.3 Å². The molecule has 1 saturated heterocycles. The highest BCUT2D eigenvalue weighted by atomic mass is 16.5. The lowest BCUT2D eigenvalue weighted by Crippen LogP contribution is -2.37. The van der Waals surface area contributed by atoms with E-state index in [0.29, 0.717) is 12.2 Å². The van der Waals surface area contributed by atoms with Crippen LogP contribution in [-0.2, 0) is 4.74 Å². The van der Waals surface area contributed by atoms with E-state index in [1.54, 1.807) is 6.20 Å². The number of aromatic carboxylic acids is 1. The van der Waals surface area contributed by atoms with Gasteiger partial charge in [0.25, 0.3) is 0 Å². The number of rotatable bonds is 7. The number of nitrogens with one attached hydrogen (secondary N) is 1. The predicted octanol–water partition coefficient (Wildman–Crippen LogP) is 3.94.